The molecular formula is C14H19NO2. The first kappa shape index (κ1) is 12.1. The van der Waals surface area contributed by atoms with Crippen LogP contribution in [0.1, 0.15) is 29.6 Å². The van der Waals surface area contributed by atoms with E-state index in [9.17, 15) is 4.79 Å². The standard InChI is InChI=1S/C14H19NO2/c1-17-13-6-4-12(5-7-13)14(16)9-11-3-2-8-15-10-11/h4-7,11,15H,2-3,8-10H2,1H3/t11-/m0/s1. The third-order valence-electron chi connectivity index (χ3n) is 3.29. The smallest absolute Gasteiger partial charge is 0.163 e. The highest BCUT2D eigenvalue weighted by atomic mass is 16.5. The lowest BCUT2D eigenvalue weighted by atomic mass is 9.92. The number of piperidine rings is 1. The van der Waals surface area contributed by atoms with E-state index in [1.54, 1.807) is 7.11 Å². The van der Waals surface area contributed by atoms with Crippen LogP contribution >= 0.6 is 0 Å². The molecule has 92 valence electrons. The largest absolute Gasteiger partial charge is 0.497 e. The molecule has 1 aromatic rings. The molecule has 0 radical (unpaired) electrons. The molecule has 0 spiro atoms. The number of nitrogens with one attached hydrogen (secondary N) is 1. The molecule has 0 saturated carbocycles. The van der Waals surface area contributed by atoms with Crippen LogP contribution in [0.25, 0.3) is 0 Å². The zero-order valence-corrected chi connectivity index (χ0v) is 10.2. The van der Waals surface area contributed by atoms with Crippen molar-refractivity contribution in [1.29, 1.82) is 0 Å². The summed E-state index contributed by atoms with van der Waals surface area (Å²) in [5.74, 6) is 1.53. The van der Waals surface area contributed by atoms with E-state index in [1.165, 1.54) is 6.42 Å². The Bertz CT molecular complexity index is 366. The Balaban J connectivity index is 1.93. The number of Topliss-reactive ketones (excluding diaryl/α,β-unsaturated/α-hetero) is 1. The quantitative estimate of drug-likeness (QED) is 0.811. The average Bonchev–Trinajstić information content (AvgIpc) is 2.40. The second kappa shape index (κ2) is 5.82. The van der Waals surface area contributed by atoms with Gasteiger partial charge in [0.1, 0.15) is 5.75 Å². The van der Waals surface area contributed by atoms with Gasteiger partial charge in [-0.2, -0.15) is 0 Å². The predicted octanol–water partition coefficient (Wildman–Crippen LogP) is 2.27. The number of hydrogen-bond acceptors (Lipinski definition) is 3. The molecule has 0 unspecified atom stereocenters. The van der Waals surface area contributed by atoms with Crippen LogP contribution in [-0.2, 0) is 0 Å². The molecule has 1 aromatic carbocycles. The van der Waals surface area contributed by atoms with E-state index >= 15 is 0 Å². The van der Waals surface area contributed by atoms with E-state index in [0.717, 1.165) is 30.8 Å². The minimum Gasteiger partial charge on any atom is -0.497 e. The van der Waals surface area contributed by atoms with Crippen LogP contribution in [0.2, 0.25) is 0 Å². The highest BCUT2D eigenvalue weighted by Crippen LogP contribution is 2.18. The molecule has 1 aliphatic heterocycles. The summed E-state index contributed by atoms with van der Waals surface area (Å²) in [6, 6.07) is 7.37. The van der Waals surface area contributed by atoms with Crippen LogP contribution in [0.15, 0.2) is 24.3 Å². The van der Waals surface area contributed by atoms with Crippen molar-refractivity contribution in [1.82, 2.24) is 5.32 Å². The number of methoxy groups -OCH3 is 1. The SMILES string of the molecule is COc1ccc(C(=O)C[C@@H]2CCCNC2)cc1. The number of carbonyl (C=O) groups excluding carboxylic acids is 1. The summed E-state index contributed by atoms with van der Waals surface area (Å²) in [4.78, 5) is 12.0. The summed E-state index contributed by atoms with van der Waals surface area (Å²) in [5, 5.41) is 3.34. The zero-order valence-electron chi connectivity index (χ0n) is 10.2. The van der Waals surface area contributed by atoms with Gasteiger partial charge < -0.3 is 10.1 Å². The van der Waals surface area contributed by atoms with Gasteiger partial charge in [-0.1, -0.05) is 0 Å². The van der Waals surface area contributed by atoms with E-state index in [4.69, 9.17) is 4.74 Å². The maximum atomic E-state index is 12.0. The Morgan fingerprint density at radius 1 is 1.41 bits per heavy atom. The molecular weight excluding hydrogens is 214 g/mol. The number of carbonyl (C=O) groups is 1. The van der Waals surface area contributed by atoms with Gasteiger partial charge in [-0.15, -0.1) is 0 Å². The highest BCUT2D eigenvalue weighted by molar-refractivity contribution is 5.96. The summed E-state index contributed by atoms with van der Waals surface area (Å²) in [6.45, 7) is 2.06. The number of ether oxygens (including phenoxy) is 1. The van der Waals surface area contributed by atoms with Gasteiger partial charge in [0.25, 0.3) is 0 Å². The van der Waals surface area contributed by atoms with Crippen LogP contribution in [-0.4, -0.2) is 26.0 Å². The fraction of sp³-hybridized carbons (Fsp3) is 0.500. The molecule has 3 nitrogen and oxygen atoms in total. The minimum atomic E-state index is 0.237. The molecule has 1 atom stereocenters. The van der Waals surface area contributed by atoms with E-state index < -0.39 is 0 Å². The molecule has 1 fully saturated rings. The van der Waals surface area contributed by atoms with Crippen molar-refractivity contribution in [3.63, 3.8) is 0 Å². The summed E-state index contributed by atoms with van der Waals surface area (Å²) in [7, 11) is 1.63. The monoisotopic (exact) mass is 233 g/mol. The molecule has 0 bridgehead atoms. The van der Waals surface area contributed by atoms with Crippen molar-refractivity contribution < 1.29 is 9.53 Å². The summed E-state index contributed by atoms with van der Waals surface area (Å²) >= 11 is 0. The summed E-state index contributed by atoms with van der Waals surface area (Å²) in [6.07, 6.45) is 2.99. The van der Waals surface area contributed by atoms with E-state index in [0.29, 0.717) is 12.3 Å². The van der Waals surface area contributed by atoms with Gasteiger partial charge in [-0.05, 0) is 56.1 Å². The molecule has 0 aliphatic carbocycles. The Kier molecular flexibility index (Phi) is 4.15. The van der Waals surface area contributed by atoms with Gasteiger partial charge in [0.15, 0.2) is 5.78 Å². The zero-order chi connectivity index (χ0) is 12.1. The van der Waals surface area contributed by atoms with Gasteiger partial charge in [0, 0.05) is 12.0 Å². The molecule has 1 saturated heterocycles. The third-order valence-corrected chi connectivity index (χ3v) is 3.29. The summed E-state index contributed by atoms with van der Waals surface area (Å²) < 4.78 is 5.08. The van der Waals surface area contributed by atoms with Crippen LogP contribution in [0.3, 0.4) is 0 Å². The average molecular weight is 233 g/mol. The molecule has 1 heterocycles. The van der Waals surface area contributed by atoms with E-state index in [-0.39, 0.29) is 5.78 Å². The maximum absolute atomic E-state index is 12.0. The molecule has 1 N–H and O–H groups in total. The highest BCUT2D eigenvalue weighted by Gasteiger charge is 2.17. The molecule has 17 heavy (non-hydrogen) atoms. The lowest BCUT2D eigenvalue weighted by Crippen LogP contribution is -2.31. The van der Waals surface area contributed by atoms with Gasteiger partial charge in [0.2, 0.25) is 0 Å². The molecule has 0 aromatic heterocycles. The van der Waals surface area contributed by atoms with Crippen LogP contribution in [0.4, 0.5) is 0 Å². The van der Waals surface area contributed by atoms with E-state index in [2.05, 4.69) is 5.32 Å². The Morgan fingerprint density at radius 2 is 2.18 bits per heavy atom. The fourth-order valence-electron chi connectivity index (χ4n) is 2.26. The van der Waals surface area contributed by atoms with E-state index in [1.807, 2.05) is 24.3 Å². The molecule has 1 aliphatic rings. The third kappa shape index (κ3) is 3.30. The van der Waals surface area contributed by atoms with Crippen molar-refractivity contribution in [2.75, 3.05) is 20.2 Å². The first-order valence-electron chi connectivity index (χ1n) is 6.17. The Hall–Kier alpha value is -1.35. The van der Waals surface area contributed by atoms with Crippen LogP contribution in [0.5, 0.6) is 5.75 Å². The first-order valence-corrected chi connectivity index (χ1v) is 6.17. The van der Waals surface area contributed by atoms with Gasteiger partial charge in [-0.3, -0.25) is 4.79 Å². The molecule has 3 heteroatoms. The van der Waals surface area contributed by atoms with Crippen molar-refractivity contribution in [3.05, 3.63) is 29.8 Å². The second-order valence-electron chi connectivity index (χ2n) is 4.57. The summed E-state index contributed by atoms with van der Waals surface area (Å²) in [5.41, 5.74) is 0.788. The Morgan fingerprint density at radius 3 is 2.76 bits per heavy atom. The molecule has 0 amide bonds. The lowest BCUT2D eigenvalue weighted by molar-refractivity contribution is 0.0954. The molecule has 2 rings (SSSR count). The van der Waals surface area contributed by atoms with Gasteiger partial charge in [-0.25, -0.2) is 0 Å². The maximum Gasteiger partial charge on any atom is 0.163 e. The van der Waals surface area contributed by atoms with Crippen LogP contribution in [0, 0.1) is 5.92 Å². The lowest BCUT2D eigenvalue weighted by Gasteiger charge is -2.21. The number of ketones is 1. The fourth-order valence-corrected chi connectivity index (χ4v) is 2.26. The van der Waals surface area contributed by atoms with Crippen molar-refractivity contribution in [2.24, 2.45) is 5.92 Å². The normalized spacial score (nSPS) is 19.9. The topological polar surface area (TPSA) is 38.3 Å². The second-order valence-corrected chi connectivity index (χ2v) is 4.57. The number of benzene rings is 1. The van der Waals surface area contributed by atoms with Gasteiger partial charge >= 0.3 is 0 Å². The van der Waals surface area contributed by atoms with Crippen molar-refractivity contribution in [3.8, 4) is 5.75 Å². The predicted molar refractivity (Wildman–Crippen MR) is 67.5 cm³/mol. The first-order chi connectivity index (χ1) is 8.29. The van der Waals surface area contributed by atoms with Crippen LogP contribution < -0.4 is 10.1 Å². The van der Waals surface area contributed by atoms with Gasteiger partial charge in [0.05, 0.1) is 7.11 Å². The van der Waals surface area contributed by atoms with Crippen molar-refractivity contribution >= 4 is 5.78 Å². The number of rotatable bonds is 4. The minimum absolute atomic E-state index is 0.237. The number of hydrogen-bond donors (Lipinski definition) is 1. The van der Waals surface area contributed by atoms with Crippen molar-refractivity contribution in [2.45, 2.75) is 19.3 Å². The Labute approximate surface area is 102 Å².